The van der Waals surface area contributed by atoms with Crippen LogP contribution < -0.4 is 10.9 Å². The molecule has 4 nitrogen and oxygen atoms in total. The van der Waals surface area contributed by atoms with Crippen LogP contribution in [-0.2, 0) is 0 Å². The molecule has 0 bridgehead atoms. The second kappa shape index (κ2) is 4.68. The van der Waals surface area contributed by atoms with Crippen LogP contribution in [0.3, 0.4) is 0 Å². The third kappa shape index (κ3) is 3.36. The smallest absolute Gasteiger partial charge is 0.293 e. The van der Waals surface area contributed by atoms with Crippen molar-refractivity contribution in [2.24, 2.45) is 5.41 Å². The summed E-state index contributed by atoms with van der Waals surface area (Å²) in [5.41, 5.74) is 0.0776. The van der Waals surface area contributed by atoms with Crippen LogP contribution in [-0.4, -0.2) is 16.1 Å². The first-order chi connectivity index (χ1) is 7.31. The first-order valence-corrected chi connectivity index (χ1v) is 5.62. The van der Waals surface area contributed by atoms with Crippen molar-refractivity contribution in [1.29, 1.82) is 0 Å². The van der Waals surface area contributed by atoms with E-state index in [1.165, 1.54) is 0 Å². The van der Waals surface area contributed by atoms with Gasteiger partial charge in [-0.1, -0.05) is 20.8 Å². The predicted molar refractivity (Wildman–Crippen MR) is 66.8 cm³/mol. The van der Waals surface area contributed by atoms with E-state index in [4.69, 9.17) is 0 Å². The fourth-order valence-corrected chi connectivity index (χ4v) is 1.30. The lowest BCUT2D eigenvalue weighted by Crippen LogP contribution is -2.28. The first-order valence-electron chi connectivity index (χ1n) is 5.62. The van der Waals surface area contributed by atoms with Gasteiger partial charge in [0.2, 0.25) is 0 Å². The largest absolute Gasteiger partial charge is 0.365 e. The molecule has 1 rings (SSSR count). The summed E-state index contributed by atoms with van der Waals surface area (Å²) in [6.45, 7) is 11.0. The van der Waals surface area contributed by atoms with E-state index in [-0.39, 0.29) is 17.0 Å². The molecule has 1 aromatic rings. The van der Waals surface area contributed by atoms with Crippen molar-refractivity contribution in [3.63, 3.8) is 0 Å². The zero-order valence-electron chi connectivity index (χ0n) is 10.7. The molecule has 1 N–H and O–H groups in total. The lowest BCUT2D eigenvalue weighted by Gasteiger charge is -2.19. The fraction of sp³-hybridized carbons (Fsp3) is 0.667. The normalized spacial score (nSPS) is 11.9. The van der Waals surface area contributed by atoms with E-state index in [0.29, 0.717) is 5.82 Å². The predicted octanol–water partition coefficient (Wildman–Crippen LogP) is 2.28. The zero-order valence-corrected chi connectivity index (χ0v) is 10.7. The quantitative estimate of drug-likeness (QED) is 0.855. The Morgan fingerprint density at radius 2 is 2.06 bits per heavy atom. The van der Waals surface area contributed by atoms with E-state index in [9.17, 15) is 4.79 Å². The molecular weight excluding hydrogens is 202 g/mol. The van der Waals surface area contributed by atoms with Gasteiger partial charge in [-0.2, -0.15) is 0 Å². The van der Waals surface area contributed by atoms with Crippen molar-refractivity contribution in [3.05, 3.63) is 22.7 Å². The van der Waals surface area contributed by atoms with Gasteiger partial charge in [0.05, 0.1) is 0 Å². The van der Waals surface area contributed by atoms with Gasteiger partial charge in [-0.05, 0) is 19.3 Å². The summed E-state index contributed by atoms with van der Waals surface area (Å²) in [7, 11) is 0. The van der Waals surface area contributed by atoms with Gasteiger partial charge in [-0.25, -0.2) is 4.98 Å². The highest BCUT2D eigenvalue weighted by Crippen LogP contribution is 2.12. The van der Waals surface area contributed by atoms with Gasteiger partial charge in [0, 0.05) is 25.0 Å². The minimum atomic E-state index is -0.0539. The number of rotatable bonds is 3. The molecule has 0 spiro atoms. The topological polar surface area (TPSA) is 46.9 Å². The molecule has 1 aromatic heterocycles. The third-order valence-electron chi connectivity index (χ3n) is 2.21. The van der Waals surface area contributed by atoms with E-state index in [1.807, 2.05) is 13.8 Å². The fourth-order valence-electron chi connectivity index (χ4n) is 1.30. The summed E-state index contributed by atoms with van der Waals surface area (Å²) in [6.07, 6.45) is 3.38. The Morgan fingerprint density at radius 1 is 1.44 bits per heavy atom. The number of nitrogens with zero attached hydrogens (tertiary/aromatic N) is 2. The molecule has 0 aliphatic heterocycles. The average molecular weight is 223 g/mol. The minimum Gasteiger partial charge on any atom is -0.365 e. The molecule has 16 heavy (non-hydrogen) atoms. The molecule has 0 fully saturated rings. The van der Waals surface area contributed by atoms with Crippen molar-refractivity contribution in [1.82, 2.24) is 9.55 Å². The Kier molecular flexibility index (Phi) is 3.73. The number of hydrogen-bond donors (Lipinski definition) is 1. The van der Waals surface area contributed by atoms with Crippen LogP contribution in [0.5, 0.6) is 0 Å². The molecule has 0 radical (unpaired) electrons. The van der Waals surface area contributed by atoms with E-state index >= 15 is 0 Å². The Labute approximate surface area is 96.7 Å². The van der Waals surface area contributed by atoms with Gasteiger partial charge < -0.3 is 9.88 Å². The molecule has 0 atom stereocenters. The lowest BCUT2D eigenvalue weighted by molar-refractivity contribution is 0.441. The van der Waals surface area contributed by atoms with Crippen LogP contribution in [0.4, 0.5) is 5.82 Å². The maximum absolute atomic E-state index is 12.0. The minimum absolute atomic E-state index is 0.0539. The van der Waals surface area contributed by atoms with Crippen molar-refractivity contribution in [2.75, 3.05) is 11.9 Å². The zero-order chi connectivity index (χ0) is 12.3. The molecule has 4 heteroatoms. The number of nitrogens with one attached hydrogen (secondary N) is 1. The van der Waals surface area contributed by atoms with E-state index in [2.05, 4.69) is 31.1 Å². The van der Waals surface area contributed by atoms with Crippen molar-refractivity contribution in [3.8, 4) is 0 Å². The Morgan fingerprint density at radius 3 is 2.56 bits per heavy atom. The van der Waals surface area contributed by atoms with Gasteiger partial charge in [-0.15, -0.1) is 0 Å². The Bertz CT molecular complexity index is 401. The van der Waals surface area contributed by atoms with Crippen LogP contribution >= 0.6 is 0 Å². The molecule has 0 amide bonds. The number of anilines is 1. The lowest BCUT2D eigenvalue weighted by atomic mass is 9.97. The van der Waals surface area contributed by atoms with Crippen molar-refractivity contribution >= 4 is 5.82 Å². The second-order valence-corrected chi connectivity index (χ2v) is 5.50. The molecule has 0 unspecified atom stereocenters. The van der Waals surface area contributed by atoms with E-state index in [0.717, 1.165) is 6.54 Å². The van der Waals surface area contributed by atoms with Crippen LogP contribution in [0, 0.1) is 5.41 Å². The van der Waals surface area contributed by atoms with E-state index in [1.54, 1.807) is 17.0 Å². The second-order valence-electron chi connectivity index (χ2n) is 5.50. The molecule has 0 saturated carbocycles. The first kappa shape index (κ1) is 12.7. The SMILES string of the molecule is CC(C)n1ccnc(NCC(C)(C)C)c1=O. The Balaban J connectivity index is 2.90. The molecular formula is C12H21N3O. The van der Waals surface area contributed by atoms with Crippen LogP contribution in [0.15, 0.2) is 17.2 Å². The highest BCUT2D eigenvalue weighted by Gasteiger charge is 2.12. The van der Waals surface area contributed by atoms with Crippen LogP contribution in [0.2, 0.25) is 0 Å². The van der Waals surface area contributed by atoms with Gasteiger partial charge in [0.15, 0.2) is 5.82 Å². The van der Waals surface area contributed by atoms with Gasteiger partial charge in [0.1, 0.15) is 0 Å². The van der Waals surface area contributed by atoms with Crippen LogP contribution in [0.1, 0.15) is 40.7 Å². The maximum atomic E-state index is 12.0. The van der Waals surface area contributed by atoms with Crippen molar-refractivity contribution < 1.29 is 0 Å². The molecule has 90 valence electrons. The average Bonchev–Trinajstić information content (AvgIpc) is 2.14. The highest BCUT2D eigenvalue weighted by atomic mass is 16.1. The summed E-state index contributed by atoms with van der Waals surface area (Å²) in [4.78, 5) is 16.0. The molecule has 0 saturated heterocycles. The number of hydrogen-bond acceptors (Lipinski definition) is 3. The van der Waals surface area contributed by atoms with Gasteiger partial charge in [0.25, 0.3) is 5.56 Å². The molecule has 0 aliphatic rings. The van der Waals surface area contributed by atoms with Gasteiger partial charge >= 0.3 is 0 Å². The van der Waals surface area contributed by atoms with Crippen molar-refractivity contribution in [2.45, 2.75) is 40.7 Å². The monoisotopic (exact) mass is 223 g/mol. The van der Waals surface area contributed by atoms with Gasteiger partial charge in [-0.3, -0.25) is 4.79 Å². The molecule has 0 aliphatic carbocycles. The van der Waals surface area contributed by atoms with Crippen LogP contribution in [0.25, 0.3) is 0 Å². The van der Waals surface area contributed by atoms with E-state index < -0.39 is 0 Å². The molecule has 1 heterocycles. The summed E-state index contributed by atoms with van der Waals surface area (Å²) in [5.74, 6) is 0.436. The molecule has 0 aromatic carbocycles. The Hall–Kier alpha value is -1.32. The highest BCUT2D eigenvalue weighted by molar-refractivity contribution is 5.31. The summed E-state index contributed by atoms with van der Waals surface area (Å²) >= 11 is 0. The number of aromatic nitrogens is 2. The standard InChI is InChI=1S/C12H21N3O/c1-9(2)15-7-6-13-10(11(15)16)14-8-12(3,4)5/h6-7,9H,8H2,1-5H3,(H,13,14). The third-order valence-corrected chi connectivity index (χ3v) is 2.21. The summed E-state index contributed by atoms with van der Waals surface area (Å²) < 4.78 is 1.68. The summed E-state index contributed by atoms with van der Waals surface area (Å²) in [6, 6.07) is 0.158. The maximum Gasteiger partial charge on any atom is 0.293 e. The summed E-state index contributed by atoms with van der Waals surface area (Å²) in [5, 5.41) is 3.10.